The molecule has 124 valence electrons. The first-order valence-corrected chi connectivity index (χ1v) is 6.64. The van der Waals surface area contributed by atoms with Crippen LogP contribution in [0.4, 0.5) is 13.2 Å². The van der Waals surface area contributed by atoms with E-state index in [0.29, 0.717) is 5.56 Å². The Balaban J connectivity index is 2.85. The van der Waals surface area contributed by atoms with Gasteiger partial charge in [-0.15, -0.1) is 13.2 Å². The smallest absolute Gasteiger partial charge is 0.463 e. The van der Waals surface area contributed by atoms with Gasteiger partial charge in [0.1, 0.15) is 12.4 Å². The molecule has 1 aromatic rings. The molecule has 1 atom stereocenters. The van der Waals surface area contributed by atoms with Crippen molar-refractivity contribution < 1.29 is 27.4 Å². The van der Waals surface area contributed by atoms with Gasteiger partial charge < -0.3 is 15.2 Å². The fourth-order valence-corrected chi connectivity index (χ4v) is 1.56. The molecule has 1 rings (SSSR count). The van der Waals surface area contributed by atoms with E-state index in [0.717, 1.165) is 0 Å². The van der Waals surface area contributed by atoms with Crippen molar-refractivity contribution in [3.8, 4) is 5.75 Å². The van der Waals surface area contributed by atoms with Crippen LogP contribution in [0.25, 0.3) is 0 Å². The normalized spacial score (nSPS) is 15.1. The van der Waals surface area contributed by atoms with E-state index in [1.54, 1.807) is 33.8 Å². The summed E-state index contributed by atoms with van der Waals surface area (Å²) in [4.78, 5) is 11.7. The zero-order valence-electron chi connectivity index (χ0n) is 13.0. The van der Waals surface area contributed by atoms with E-state index >= 15 is 0 Å². The molecule has 0 aliphatic heterocycles. The number of benzene rings is 1. The molecule has 22 heavy (non-hydrogen) atoms. The van der Waals surface area contributed by atoms with Gasteiger partial charge in [-0.25, -0.2) is 0 Å². The first-order valence-electron chi connectivity index (χ1n) is 6.64. The van der Waals surface area contributed by atoms with E-state index in [4.69, 9.17) is 10.5 Å². The Morgan fingerprint density at radius 3 is 2.27 bits per heavy atom. The van der Waals surface area contributed by atoms with Gasteiger partial charge in [0.2, 0.25) is 0 Å². The molecule has 0 aromatic heterocycles. The maximum absolute atomic E-state index is 12.2. The van der Waals surface area contributed by atoms with Gasteiger partial charge in [-0.2, -0.15) is 0 Å². The number of esters is 1. The van der Waals surface area contributed by atoms with E-state index < -0.39 is 23.3 Å². The Hall–Kier alpha value is -1.76. The van der Waals surface area contributed by atoms with Gasteiger partial charge in [-0.3, -0.25) is 4.79 Å². The highest BCUT2D eigenvalue weighted by molar-refractivity contribution is 5.75. The van der Waals surface area contributed by atoms with Crippen LogP contribution >= 0.6 is 0 Å². The Bertz CT molecular complexity index is 534. The van der Waals surface area contributed by atoms with Crippen LogP contribution in [0.3, 0.4) is 0 Å². The Morgan fingerprint density at radius 1 is 1.18 bits per heavy atom. The van der Waals surface area contributed by atoms with Crippen LogP contribution in [0.15, 0.2) is 24.3 Å². The quantitative estimate of drug-likeness (QED) is 0.865. The minimum atomic E-state index is -4.78. The molecule has 4 nitrogen and oxygen atoms in total. The molecular formula is C15H20F3NO3. The van der Waals surface area contributed by atoms with Gasteiger partial charge in [0.05, 0.1) is 11.0 Å². The molecule has 0 fully saturated rings. The number of carbonyl (C=O) groups excluding carboxylic acids is 1. The highest BCUT2D eigenvalue weighted by Gasteiger charge is 2.32. The summed E-state index contributed by atoms with van der Waals surface area (Å²) in [7, 11) is 0. The molecule has 0 bridgehead atoms. The maximum atomic E-state index is 12.2. The van der Waals surface area contributed by atoms with Crippen molar-refractivity contribution in [1.29, 1.82) is 0 Å². The lowest BCUT2D eigenvalue weighted by Crippen LogP contribution is -2.40. The molecule has 0 saturated carbocycles. The minimum Gasteiger partial charge on any atom is -0.463 e. The third-order valence-corrected chi connectivity index (χ3v) is 2.84. The highest BCUT2D eigenvalue weighted by atomic mass is 19.4. The maximum Gasteiger partial charge on any atom is 0.573 e. The summed E-state index contributed by atoms with van der Waals surface area (Å²) in [5.41, 5.74) is 4.60. The topological polar surface area (TPSA) is 61.5 Å². The number of hydrogen-bond donors (Lipinski definition) is 1. The van der Waals surface area contributed by atoms with Crippen molar-refractivity contribution in [3.05, 3.63) is 29.8 Å². The van der Waals surface area contributed by atoms with Gasteiger partial charge in [0, 0.05) is 0 Å². The monoisotopic (exact) mass is 319 g/mol. The van der Waals surface area contributed by atoms with E-state index in [1.165, 1.54) is 18.2 Å². The van der Waals surface area contributed by atoms with Gasteiger partial charge in [0.15, 0.2) is 0 Å². The SMILES string of the molecule is CC(C)(C)C(=O)OCC(C)(N)c1cccc(OC(F)(F)F)c1. The van der Waals surface area contributed by atoms with Crippen molar-refractivity contribution in [3.63, 3.8) is 0 Å². The van der Waals surface area contributed by atoms with Gasteiger partial charge in [-0.1, -0.05) is 12.1 Å². The van der Waals surface area contributed by atoms with Crippen molar-refractivity contribution in [2.45, 2.75) is 39.6 Å². The largest absolute Gasteiger partial charge is 0.573 e. The lowest BCUT2D eigenvalue weighted by atomic mass is 9.93. The van der Waals surface area contributed by atoms with Gasteiger partial charge in [-0.05, 0) is 45.4 Å². The molecule has 2 N–H and O–H groups in total. The lowest BCUT2D eigenvalue weighted by Gasteiger charge is -2.27. The van der Waals surface area contributed by atoms with Gasteiger partial charge in [0.25, 0.3) is 0 Å². The number of halogens is 3. The first kappa shape index (κ1) is 18.3. The van der Waals surface area contributed by atoms with Crippen LogP contribution in [0, 0.1) is 5.41 Å². The zero-order chi connectivity index (χ0) is 17.2. The Morgan fingerprint density at radius 2 is 1.77 bits per heavy atom. The predicted molar refractivity (Wildman–Crippen MR) is 75.1 cm³/mol. The van der Waals surface area contributed by atoms with Crippen molar-refractivity contribution in [1.82, 2.24) is 0 Å². The average molecular weight is 319 g/mol. The van der Waals surface area contributed by atoms with Crippen LogP contribution < -0.4 is 10.5 Å². The number of alkyl halides is 3. The van der Waals surface area contributed by atoms with Crippen LogP contribution in [0.5, 0.6) is 5.75 Å². The summed E-state index contributed by atoms with van der Waals surface area (Å²) in [6.45, 7) is 6.50. The molecule has 0 aliphatic carbocycles. The molecule has 0 amide bonds. The predicted octanol–water partition coefficient (Wildman–Crippen LogP) is 3.35. The average Bonchev–Trinajstić information content (AvgIpc) is 2.33. The lowest BCUT2D eigenvalue weighted by molar-refractivity contribution is -0.274. The second kappa shape index (κ2) is 6.16. The summed E-state index contributed by atoms with van der Waals surface area (Å²) in [6.07, 6.45) is -4.78. The van der Waals surface area contributed by atoms with Crippen LogP contribution in [0.1, 0.15) is 33.3 Å². The Labute approximate surface area is 127 Å². The van der Waals surface area contributed by atoms with Crippen LogP contribution in [-0.2, 0) is 15.1 Å². The van der Waals surface area contributed by atoms with Crippen LogP contribution in [0.2, 0.25) is 0 Å². The fraction of sp³-hybridized carbons (Fsp3) is 0.533. The Kier molecular flexibility index (Phi) is 5.12. The van der Waals surface area contributed by atoms with Crippen molar-refractivity contribution >= 4 is 5.97 Å². The third-order valence-electron chi connectivity index (χ3n) is 2.84. The van der Waals surface area contributed by atoms with Crippen LogP contribution in [-0.4, -0.2) is 18.9 Å². The molecule has 1 unspecified atom stereocenters. The standard InChI is InChI=1S/C15H20F3NO3/c1-13(2,3)12(20)21-9-14(4,19)10-6-5-7-11(8-10)22-15(16,17)18/h5-8H,9,19H2,1-4H3. The van der Waals surface area contributed by atoms with E-state index in [9.17, 15) is 18.0 Å². The summed E-state index contributed by atoms with van der Waals surface area (Å²) < 4.78 is 45.7. The molecule has 0 aliphatic rings. The summed E-state index contributed by atoms with van der Waals surface area (Å²) in [5.74, 6) is -0.810. The van der Waals surface area contributed by atoms with E-state index in [-0.39, 0.29) is 12.4 Å². The van der Waals surface area contributed by atoms with Gasteiger partial charge >= 0.3 is 12.3 Å². The van der Waals surface area contributed by atoms with Crippen molar-refractivity contribution in [2.24, 2.45) is 11.1 Å². The molecule has 0 spiro atoms. The van der Waals surface area contributed by atoms with E-state index in [2.05, 4.69) is 4.74 Å². The summed E-state index contributed by atoms with van der Waals surface area (Å²) in [6, 6.07) is 5.30. The second-order valence-electron chi connectivity index (χ2n) is 6.32. The fourth-order valence-electron chi connectivity index (χ4n) is 1.56. The number of nitrogens with two attached hydrogens (primary N) is 1. The molecule has 1 aromatic carbocycles. The number of carbonyl (C=O) groups is 1. The van der Waals surface area contributed by atoms with E-state index in [1.807, 2.05) is 0 Å². The summed E-state index contributed by atoms with van der Waals surface area (Å²) in [5, 5.41) is 0. The molecular weight excluding hydrogens is 299 g/mol. The second-order valence-corrected chi connectivity index (χ2v) is 6.32. The number of rotatable bonds is 4. The molecule has 0 saturated heterocycles. The zero-order valence-corrected chi connectivity index (χ0v) is 13.0. The number of ether oxygens (including phenoxy) is 2. The molecule has 0 heterocycles. The third kappa shape index (κ3) is 5.55. The number of hydrogen-bond acceptors (Lipinski definition) is 4. The highest BCUT2D eigenvalue weighted by Crippen LogP contribution is 2.27. The summed E-state index contributed by atoms with van der Waals surface area (Å²) >= 11 is 0. The molecule has 0 radical (unpaired) electrons. The first-order chi connectivity index (χ1) is 9.81. The molecule has 7 heteroatoms. The minimum absolute atomic E-state index is 0.154. The van der Waals surface area contributed by atoms with Crippen molar-refractivity contribution in [2.75, 3.05) is 6.61 Å².